The van der Waals surface area contributed by atoms with Gasteiger partial charge in [-0.1, -0.05) is 22.0 Å². The Morgan fingerprint density at radius 2 is 2.05 bits per heavy atom. The van der Waals surface area contributed by atoms with Gasteiger partial charge in [0.15, 0.2) is 0 Å². The quantitative estimate of drug-likeness (QED) is 0.804. The van der Waals surface area contributed by atoms with Crippen molar-refractivity contribution in [3.8, 4) is 0 Å². The lowest BCUT2D eigenvalue weighted by Crippen LogP contribution is -2.43. The van der Waals surface area contributed by atoms with Crippen LogP contribution in [0.2, 0.25) is 0 Å². The molecule has 0 aliphatic heterocycles. The van der Waals surface area contributed by atoms with Crippen LogP contribution in [0.4, 0.5) is 0 Å². The molecule has 2 N–H and O–H groups in total. The van der Waals surface area contributed by atoms with Crippen LogP contribution in [-0.2, 0) is 9.59 Å². The van der Waals surface area contributed by atoms with E-state index in [0.29, 0.717) is 5.56 Å². The van der Waals surface area contributed by atoms with Crippen molar-refractivity contribution < 1.29 is 19.5 Å². The zero-order valence-electron chi connectivity index (χ0n) is 11.2. The van der Waals surface area contributed by atoms with Crippen LogP contribution in [0.3, 0.4) is 0 Å². The number of aliphatic carboxylic acids is 1. The fourth-order valence-corrected chi connectivity index (χ4v) is 2.34. The van der Waals surface area contributed by atoms with Crippen LogP contribution in [0.1, 0.15) is 23.2 Å². The van der Waals surface area contributed by atoms with Gasteiger partial charge in [-0.25, -0.2) is 0 Å². The molecule has 6 nitrogen and oxygen atoms in total. The van der Waals surface area contributed by atoms with Crippen LogP contribution in [-0.4, -0.2) is 46.9 Å². The summed E-state index contributed by atoms with van der Waals surface area (Å²) in [5.74, 6) is -1.78. The van der Waals surface area contributed by atoms with Crippen molar-refractivity contribution in [1.29, 1.82) is 0 Å². The van der Waals surface area contributed by atoms with Crippen molar-refractivity contribution in [3.63, 3.8) is 0 Å². The smallest absolute Gasteiger partial charge is 0.323 e. The Bertz CT molecular complexity index is 572. The van der Waals surface area contributed by atoms with Crippen LogP contribution in [0.25, 0.3) is 0 Å². The summed E-state index contributed by atoms with van der Waals surface area (Å²) < 4.78 is 0.770. The Balaban J connectivity index is 1.90. The molecule has 0 heterocycles. The lowest BCUT2D eigenvalue weighted by atomic mass is 10.2. The van der Waals surface area contributed by atoms with E-state index in [4.69, 9.17) is 5.11 Å². The van der Waals surface area contributed by atoms with Gasteiger partial charge < -0.3 is 15.3 Å². The third-order valence-electron chi connectivity index (χ3n) is 3.10. The molecule has 0 saturated heterocycles. The molecule has 0 bridgehead atoms. The zero-order valence-corrected chi connectivity index (χ0v) is 12.8. The molecule has 1 fully saturated rings. The van der Waals surface area contributed by atoms with E-state index in [2.05, 4.69) is 21.2 Å². The molecule has 0 unspecified atom stereocenters. The summed E-state index contributed by atoms with van der Waals surface area (Å²) in [6, 6.07) is 6.80. The first-order valence-corrected chi connectivity index (χ1v) is 7.31. The van der Waals surface area contributed by atoms with Gasteiger partial charge in [0.25, 0.3) is 5.91 Å². The van der Waals surface area contributed by atoms with Gasteiger partial charge in [-0.15, -0.1) is 0 Å². The van der Waals surface area contributed by atoms with E-state index in [1.54, 1.807) is 24.3 Å². The zero-order chi connectivity index (χ0) is 15.4. The number of amides is 2. The molecule has 1 saturated carbocycles. The number of nitrogens with one attached hydrogen (secondary N) is 1. The van der Waals surface area contributed by atoms with E-state index >= 15 is 0 Å². The van der Waals surface area contributed by atoms with Gasteiger partial charge in [0, 0.05) is 16.1 Å². The summed E-state index contributed by atoms with van der Waals surface area (Å²) in [5, 5.41) is 11.3. The number of rotatable bonds is 6. The van der Waals surface area contributed by atoms with Gasteiger partial charge in [0.05, 0.1) is 6.54 Å². The van der Waals surface area contributed by atoms with Gasteiger partial charge in [-0.05, 0) is 31.0 Å². The number of halogens is 1. The molecule has 21 heavy (non-hydrogen) atoms. The van der Waals surface area contributed by atoms with Crippen molar-refractivity contribution >= 4 is 33.7 Å². The van der Waals surface area contributed by atoms with E-state index in [1.807, 2.05) is 0 Å². The Morgan fingerprint density at radius 1 is 1.33 bits per heavy atom. The first kappa shape index (κ1) is 15.5. The summed E-state index contributed by atoms with van der Waals surface area (Å²) in [7, 11) is 0. The van der Waals surface area contributed by atoms with E-state index in [0.717, 1.165) is 17.3 Å². The van der Waals surface area contributed by atoms with Crippen LogP contribution in [0.15, 0.2) is 28.7 Å². The van der Waals surface area contributed by atoms with Crippen molar-refractivity contribution in [1.82, 2.24) is 10.2 Å². The third-order valence-corrected chi connectivity index (χ3v) is 3.59. The van der Waals surface area contributed by atoms with E-state index < -0.39 is 5.97 Å². The van der Waals surface area contributed by atoms with Crippen LogP contribution in [0.5, 0.6) is 0 Å². The molecule has 7 heteroatoms. The number of carbonyl (C=O) groups excluding carboxylic acids is 2. The van der Waals surface area contributed by atoms with Gasteiger partial charge in [0.2, 0.25) is 5.91 Å². The van der Waals surface area contributed by atoms with Gasteiger partial charge in [0.1, 0.15) is 6.54 Å². The predicted octanol–water partition coefficient (Wildman–Crippen LogP) is 1.25. The highest BCUT2D eigenvalue weighted by Crippen LogP contribution is 2.26. The van der Waals surface area contributed by atoms with Gasteiger partial charge in [-0.3, -0.25) is 14.4 Å². The molecule has 0 radical (unpaired) electrons. The fraction of sp³-hybridized carbons (Fsp3) is 0.357. The molecule has 2 amide bonds. The standard InChI is InChI=1S/C14H15BrN2O4/c15-10-3-1-2-9(6-10)14(21)16-7-12(18)17(8-13(19)20)11-4-5-11/h1-3,6,11H,4-5,7-8H2,(H,16,21)(H,19,20). The summed E-state index contributed by atoms with van der Waals surface area (Å²) in [5.41, 5.74) is 0.438. The summed E-state index contributed by atoms with van der Waals surface area (Å²) in [6.07, 6.45) is 1.64. The maximum Gasteiger partial charge on any atom is 0.323 e. The van der Waals surface area contributed by atoms with Crippen molar-refractivity contribution in [2.75, 3.05) is 13.1 Å². The summed E-state index contributed by atoms with van der Waals surface area (Å²) in [4.78, 5) is 36.0. The van der Waals surface area contributed by atoms with E-state index in [-0.39, 0.29) is 30.9 Å². The normalized spacial score (nSPS) is 13.6. The largest absolute Gasteiger partial charge is 0.480 e. The number of hydrogen-bond donors (Lipinski definition) is 2. The molecule has 1 aliphatic carbocycles. The van der Waals surface area contributed by atoms with Gasteiger partial charge in [-0.2, -0.15) is 0 Å². The molecular formula is C14H15BrN2O4. The summed E-state index contributed by atoms with van der Waals surface area (Å²) >= 11 is 3.27. The number of nitrogens with zero attached hydrogens (tertiary/aromatic N) is 1. The lowest BCUT2D eigenvalue weighted by Gasteiger charge is -2.20. The minimum atomic E-state index is -1.05. The Labute approximate surface area is 130 Å². The second-order valence-electron chi connectivity index (χ2n) is 4.84. The SMILES string of the molecule is O=C(O)CN(C(=O)CNC(=O)c1cccc(Br)c1)C1CC1. The Morgan fingerprint density at radius 3 is 2.62 bits per heavy atom. The minimum absolute atomic E-state index is 0.00336. The molecule has 0 atom stereocenters. The monoisotopic (exact) mass is 354 g/mol. The minimum Gasteiger partial charge on any atom is -0.480 e. The van der Waals surface area contributed by atoms with Crippen molar-refractivity contribution in [2.45, 2.75) is 18.9 Å². The Kier molecular flexibility index (Phi) is 4.95. The maximum absolute atomic E-state index is 12.0. The fourth-order valence-electron chi connectivity index (χ4n) is 1.94. The average molecular weight is 355 g/mol. The first-order valence-electron chi connectivity index (χ1n) is 6.52. The molecule has 0 spiro atoms. The highest BCUT2D eigenvalue weighted by atomic mass is 79.9. The average Bonchev–Trinajstić information content (AvgIpc) is 3.26. The molecule has 2 rings (SSSR count). The lowest BCUT2D eigenvalue weighted by molar-refractivity contribution is -0.144. The summed E-state index contributed by atoms with van der Waals surface area (Å²) in [6.45, 7) is -0.522. The van der Waals surface area contributed by atoms with E-state index in [9.17, 15) is 14.4 Å². The second-order valence-corrected chi connectivity index (χ2v) is 5.76. The third kappa shape index (κ3) is 4.56. The Hall–Kier alpha value is -1.89. The second kappa shape index (κ2) is 6.71. The van der Waals surface area contributed by atoms with Crippen LogP contribution >= 0.6 is 15.9 Å². The van der Waals surface area contributed by atoms with E-state index in [1.165, 1.54) is 4.90 Å². The molecule has 1 aromatic carbocycles. The number of benzene rings is 1. The number of hydrogen-bond acceptors (Lipinski definition) is 3. The predicted molar refractivity (Wildman–Crippen MR) is 78.8 cm³/mol. The highest BCUT2D eigenvalue weighted by Gasteiger charge is 2.33. The number of carboxylic acids is 1. The van der Waals surface area contributed by atoms with Gasteiger partial charge >= 0.3 is 5.97 Å². The molecule has 112 valence electrons. The van der Waals surface area contributed by atoms with Crippen LogP contribution < -0.4 is 5.32 Å². The first-order chi connectivity index (χ1) is 9.97. The topological polar surface area (TPSA) is 86.7 Å². The molecule has 1 aromatic rings. The highest BCUT2D eigenvalue weighted by molar-refractivity contribution is 9.10. The number of carboxylic acid groups (broad SMARTS) is 1. The number of carbonyl (C=O) groups is 3. The van der Waals surface area contributed by atoms with Crippen LogP contribution in [0, 0.1) is 0 Å². The maximum atomic E-state index is 12.0. The van der Waals surface area contributed by atoms with Crippen molar-refractivity contribution in [3.05, 3.63) is 34.3 Å². The molecule has 0 aromatic heterocycles. The van der Waals surface area contributed by atoms with Crippen molar-refractivity contribution in [2.24, 2.45) is 0 Å². The molecular weight excluding hydrogens is 340 g/mol. The molecule has 1 aliphatic rings.